The van der Waals surface area contributed by atoms with Crippen LogP contribution in [0.25, 0.3) is 0 Å². The Bertz CT molecular complexity index is 411. The largest absolute Gasteiger partial charge is 0.494 e. The van der Waals surface area contributed by atoms with Gasteiger partial charge < -0.3 is 9.64 Å². The smallest absolute Gasteiger partial charge is 0.119 e. The first kappa shape index (κ1) is 12.3. The van der Waals surface area contributed by atoms with Crippen molar-refractivity contribution in [1.29, 1.82) is 0 Å². The third-order valence-electron chi connectivity index (χ3n) is 3.92. The molecule has 0 saturated heterocycles. The molecule has 0 saturated carbocycles. The van der Waals surface area contributed by atoms with E-state index in [1.54, 1.807) is 0 Å². The second-order valence-electron chi connectivity index (χ2n) is 5.63. The molecule has 0 radical (unpaired) electrons. The predicted octanol–water partition coefficient (Wildman–Crippen LogP) is 3.81. The van der Waals surface area contributed by atoms with Gasteiger partial charge in [0.2, 0.25) is 0 Å². The quantitative estimate of drug-likeness (QED) is 0.770. The Kier molecular flexibility index (Phi) is 3.07. The molecule has 0 aliphatic carbocycles. The lowest BCUT2D eigenvalue weighted by atomic mass is 9.80. The fourth-order valence-electron chi connectivity index (χ4n) is 2.81. The molecule has 1 aromatic carbocycles. The van der Waals surface area contributed by atoms with E-state index in [2.05, 4.69) is 50.9 Å². The maximum atomic E-state index is 5.59. The van der Waals surface area contributed by atoms with Crippen LogP contribution in [-0.4, -0.2) is 19.2 Å². The van der Waals surface area contributed by atoms with Crippen LogP contribution in [0.2, 0.25) is 0 Å². The highest BCUT2D eigenvalue weighted by atomic mass is 16.5. The van der Waals surface area contributed by atoms with E-state index in [-0.39, 0.29) is 5.54 Å². The molecule has 1 aromatic rings. The molecule has 94 valence electrons. The summed E-state index contributed by atoms with van der Waals surface area (Å²) in [6.07, 6.45) is 1.19. The van der Waals surface area contributed by atoms with Crippen molar-refractivity contribution in [3.05, 3.63) is 23.8 Å². The molecule has 0 aromatic heterocycles. The van der Waals surface area contributed by atoms with E-state index in [9.17, 15) is 0 Å². The molecular formula is C15H23NO. The van der Waals surface area contributed by atoms with Crippen LogP contribution in [0.1, 0.15) is 45.6 Å². The van der Waals surface area contributed by atoms with Crippen LogP contribution in [0.4, 0.5) is 5.69 Å². The first-order valence-corrected chi connectivity index (χ1v) is 6.46. The van der Waals surface area contributed by atoms with Gasteiger partial charge in [0, 0.05) is 18.3 Å². The Hall–Kier alpha value is -1.18. The van der Waals surface area contributed by atoms with E-state index in [0.29, 0.717) is 5.92 Å². The van der Waals surface area contributed by atoms with Gasteiger partial charge in [-0.15, -0.1) is 0 Å². The van der Waals surface area contributed by atoms with E-state index in [4.69, 9.17) is 4.74 Å². The number of nitrogens with zero attached hydrogens (tertiary/aromatic N) is 1. The van der Waals surface area contributed by atoms with Gasteiger partial charge in [0.15, 0.2) is 0 Å². The lowest BCUT2D eigenvalue weighted by molar-refractivity contribution is 0.337. The Morgan fingerprint density at radius 1 is 1.41 bits per heavy atom. The summed E-state index contributed by atoms with van der Waals surface area (Å²) in [4.78, 5) is 2.39. The minimum absolute atomic E-state index is 0.236. The van der Waals surface area contributed by atoms with Crippen LogP contribution < -0.4 is 9.64 Å². The molecule has 0 spiro atoms. The normalized spacial score (nSPS) is 22.2. The maximum absolute atomic E-state index is 5.59. The van der Waals surface area contributed by atoms with E-state index >= 15 is 0 Å². The van der Waals surface area contributed by atoms with Crippen LogP contribution >= 0.6 is 0 Å². The highest BCUT2D eigenvalue weighted by molar-refractivity contribution is 5.61. The lowest BCUT2D eigenvalue weighted by Gasteiger charge is -2.45. The van der Waals surface area contributed by atoms with Gasteiger partial charge in [-0.3, -0.25) is 0 Å². The summed E-state index contributed by atoms with van der Waals surface area (Å²) in [5.41, 5.74) is 2.99. The number of hydrogen-bond acceptors (Lipinski definition) is 2. The molecule has 0 N–H and O–H groups in total. The summed E-state index contributed by atoms with van der Waals surface area (Å²) in [6.45, 7) is 9.68. The first-order chi connectivity index (χ1) is 7.95. The first-order valence-electron chi connectivity index (χ1n) is 6.46. The third kappa shape index (κ3) is 2.13. The summed E-state index contributed by atoms with van der Waals surface area (Å²) in [5.74, 6) is 1.59. The Morgan fingerprint density at radius 2 is 2.12 bits per heavy atom. The number of fused-ring (bicyclic) bond motifs is 1. The molecule has 1 atom stereocenters. The van der Waals surface area contributed by atoms with Crippen molar-refractivity contribution in [2.24, 2.45) is 0 Å². The van der Waals surface area contributed by atoms with Crippen LogP contribution in [0.3, 0.4) is 0 Å². The van der Waals surface area contributed by atoms with Crippen molar-refractivity contribution in [2.75, 3.05) is 18.6 Å². The summed E-state index contributed by atoms with van der Waals surface area (Å²) in [7, 11) is 2.19. The van der Waals surface area contributed by atoms with Gasteiger partial charge in [-0.05, 0) is 56.9 Å². The molecule has 1 aliphatic heterocycles. The van der Waals surface area contributed by atoms with Gasteiger partial charge in [-0.25, -0.2) is 0 Å². The Morgan fingerprint density at radius 3 is 2.76 bits per heavy atom. The fraction of sp³-hybridized carbons (Fsp3) is 0.600. The fourth-order valence-corrected chi connectivity index (χ4v) is 2.81. The lowest BCUT2D eigenvalue weighted by Crippen LogP contribution is -2.45. The minimum Gasteiger partial charge on any atom is -0.494 e. The van der Waals surface area contributed by atoms with Crippen LogP contribution in [-0.2, 0) is 0 Å². The topological polar surface area (TPSA) is 12.5 Å². The predicted molar refractivity (Wildman–Crippen MR) is 73.1 cm³/mol. The second kappa shape index (κ2) is 4.25. The zero-order valence-electron chi connectivity index (χ0n) is 11.6. The molecule has 2 rings (SSSR count). The van der Waals surface area contributed by atoms with Gasteiger partial charge in [0.25, 0.3) is 0 Å². The van der Waals surface area contributed by atoms with Crippen molar-refractivity contribution in [3.8, 4) is 5.75 Å². The summed E-state index contributed by atoms with van der Waals surface area (Å²) >= 11 is 0. The van der Waals surface area contributed by atoms with Crippen molar-refractivity contribution < 1.29 is 4.74 Å². The van der Waals surface area contributed by atoms with Gasteiger partial charge in [-0.2, -0.15) is 0 Å². The van der Waals surface area contributed by atoms with Crippen molar-refractivity contribution in [1.82, 2.24) is 0 Å². The molecule has 17 heavy (non-hydrogen) atoms. The van der Waals surface area contributed by atoms with Crippen LogP contribution in [0, 0.1) is 0 Å². The van der Waals surface area contributed by atoms with Gasteiger partial charge in [0.05, 0.1) is 6.61 Å². The highest BCUT2D eigenvalue weighted by Gasteiger charge is 2.34. The third-order valence-corrected chi connectivity index (χ3v) is 3.92. The highest BCUT2D eigenvalue weighted by Crippen LogP contribution is 2.43. The molecular weight excluding hydrogens is 210 g/mol. The molecule has 2 heteroatoms. The molecule has 1 unspecified atom stereocenters. The second-order valence-corrected chi connectivity index (χ2v) is 5.63. The number of hydrogen-bond donors (Lipinski definition) is 0. The molecule has 0 amide bonds. The van der Waals surface area contributed by atoms with Gasteiger partial charge in [0.1, 0.15) is 5.75 Å². The van der Waals surface area contributed by atoms with Crippen molar-refractivity contribution in [2.45, 2.75) is 45.6 Å². The molecule has 1 aliphatic rings. The monoisotopic (exact) mass is 233 g/mol. The average Bonchev–Trinajstić information content (AvgIpc) is 2.26. The molecule has 0 fully saturated rings. The Balaban J connectivity index is 2.42. The van der Waals surface area contributed by atoms with E-state index in [1.165, 1.54) is 17.7 Å². The van der Waals surface area contributed by atoms with Crippen LogP contribution in [0.15, 0.2) is 18.2 Å². The van der Waals surface area contributed by atoms with Gasteiger partial charge >= 0.3 is 0 Å². The molecule has 1 heterocycles. The Labute approximate surface area is 105 Å². The number of ether oxygens (including phenoxy) is 1. The molecule has 0 bridgehead atoms. The van der Waals surface area contributed by atoms with Crippen molar-refractivity contribution in [3.63, 3.8) is 0 Å². The standard InChI is InChI=1S/C15H23NO/c1-6-17-12-7-8-14-13(9-12)11(2)10-15(3,4)16(14)5/h7-9,11H,6,10H2,1-5H3. The summed E-state index contributed by atoms with van der Waals surface area (Å²) in [6, 6.07) is 6.47. The SMILES string of the molecule is CCOc1ccc2c(c1)C(C)CC(C)(C)N2C. The number of anilines is 1. The van der Waals surface area contributed by atoms with E-state index < -0.39 is 0 Å². The number of benzene rings is 1. The maximum Gasteiger partial charge on any atom is 0.119 e. The van der Waals surface area contributed by atoms with Gasteiger partial charge in [-0.1, -0.05) is 6.92 Å². The average molecular weight is 233 g/mol. The number of rotatable bonds is 2. The van der Waals surface area contributed by atoms with E-state index in [0.717, 1.165) is 12.4 Å². The summed E-state index contributed by atoms with van der Waals surface area (Å²) in [5, 5.41) is 0. The summed E-state index contributed by atoms with van der Waals surface area (Å²) < 4.78 is 5.59. The minimum atomic E-state index is 0.236. The zero-order chi connectivity index (χ0) is 12.6. The molecule has 2 nitrogen and oxygen atoms in total. The van der Waals surface area contributed by atoms with Crippen LogP contribution in [0.5, 0.6) is 5.75 Å². The zero-order valence-corrected chi connectivity index (χ0v) is 11.6. The van der Waals surface area contributed by atoms with Crippen molar-refractivity contribution >= 4 is 5.69 Å². The van der Waals surface area contributed by atoms with E-state index in [1.807, 2.05) is 6.92 Å².